The van der Waals surface area contributed by atoms with Gasteiger partial charge in [-0.15, -0.1) is 0 Å². The van der Waals surface area contributed by atoms with Gasteiger partial charge in [-0.1, -0.05) is 24.3 Å². The van der Waals surface area contributed by atoms with Crippen LogP contribution in [0.15, 0.2) is 41.1 Å². The van der Waals surface area contributed by atoms with Crippen LogP contribution in [0.25, 0.3) is 0 Å². The van der Waals surface area contributed by atoms with Crippen LogP contribution in [0, 0.1) is 0 Å². The average Bonchev–Trinajstić information content (AvgIpc) is 2.97. The maximum Gasteiger partial charge on any atom is 0.0473 e. The molecule has 2 heterocycles. The fourth-order valence-electron chi connectivity index (χ4n) is 2.95. The molecule has 0 spiro atoms. The first kappa shape index (κ1) is 12.9. The monoisotopic (exact) mass is 272 g/mol. The molecule has 3 rings (SSSR count). The zero-order chi connectivity index (χ0) is 13.1. The Morgan fingerprint density at radius 2 is 2.16 bits per heavy atom. The van der Waals surface area contributed by atoms with Crippen molar-refractivity contribution in [2.75, 3.05) is 19.6 Å². The van der Waals surface area contributed by atoms with Crippen molar-refractivity contribution in [2.24, 2.45) is 5.73 Å². The summed E-state index contributed by atoms with van der Waals surface area (Å²) in [5.74, 6) is 0. The van der Waals surface area contributed by atoms with Gasteiger partial charge in [0.15, 0.2) is 0 Å². The molecule has 3 heteroatoms. The molecule has 0 bridgehead atoms. The molecular weight excluding hydrogens is 252 g/mol. The van der Waals surface area contributed by atoms with Crippen molar-refractivity contribution in [2.45, 2.75) is 18.9 Å². The van der Waals surface area contributed by atoms with Crippen molar-refractivity contribution < 1.29 is 0 Å². The summed E-state index contributed by atoms with van der Waals surface area (Å²) in [6.07, 6.45) is 2.28. The lowest BCUT2D eigenvalue weighted by Gasteiger charge is -2.36. The van der Waals surface area contributed by atoms with Gasteiger partial charge < -0.3 is 5.73 Å². The molecule has 1 aromatic carbocycles. The van der Waals surface area contributed by atoms with Crippen LogP contribution in [-0.2, 0) is 12.8 Å². The van der Waals surface area contributed by atoms with Gasteiger partial charge in [0.1, 0.15) is 0 Å². The largest absolute Gasteiger partial charge is 0.329 e. The first-order valence-corrected chi connectivity index (χ1v) is 7.86. The predicted molar refractivity (Wildman–Crippen MR) is 81.5 cm³/mol. The minimum absolute atomic E-state index is 0.392. The lowest BCUT2D eigenvalue weighted by Crippen LogP contribution is -2.40. The molecule has 1 aromatic heterocycles. The van der Waals surface area contributed by atoms with Gasteiger partial charge >= 0.3 is 0 Å². The summed E-state index contributed by atoms with van der Waals surface area (Å²) in [4.78, 5) is 2.54. The number of hydrogen-bond donors (Lipinski definition) is 1. The normalized spacial score (nSPS) is 19.3. The van der Waals surface area contributed by atoms with E-state index in [0.717, 1.165) is 25.9 Å². The molecule has 2 N–H and O–H groups in total. The highest BCUT2D eigenvalue weighted by Gasteiger charge is 2.25. The zero-order valence-corrected chi connectivity index (χ0v) is 11.9. The molecule has 0 fully saturated rings. The SMILES string of the molecule is NCC1c2ccccc2CCN1CCc1ccsc1. The molecule has 0 saturated heterocycles. The fourth-order valence-corrected chi connectivity index (χ4v) is 3.66. The first-order valence-electron chi connectivity index (χ1n) is 6.91. The Kier molecular flexibility index (Phi) is 3.97. The molecule has 2 nitrogen and oxygen atoms in total. The van der Waals surface area contributed by atoms with Gasteiger partial charge in [-0.05, 0) is 46.4 Å². The van der Waals surface area contributed by atoms with E-state index in [9.17, 15) is 0 Å². The number of nitrogens with two attached hydrogens (primary N) is 1. The molecule has 0 amide bonds. The number of rotatable bonds is 4. The Morgan fingerprint density at radius 1 is 1.26 bits per heavy atom. The fraction of sp³-hybridized carbons (Fsp3) is 0.375. The summed E-state index contributed by atoms with van der Waals surface area (Å²) in [5.41, 5.74) is 10.4. The number of hydrogen-bond acceptors (Lipinski definition) is 3. The highest BCUT2D eigenvalue weighted by atomic mass is 32.1. The quantitative estimate of drug-likeness (QED) is 0.927. The predicted octanol–water partition coefficient (Wildman–Crippen LogP) is 2.85. The molecule has 1 atom stereocenters. The van der Waals surface area contributed by atoms with Gasteiger partial charge in [-0.25, -0.2) is 0 Å². The van der Waals surface area contributed by atoms with Crippen LogP contribution in [0.4, 0.5) is 0 Å². The van der Waals surface area contributed by atoms with E-state index in [1.54, 1.807) is 11.3 Å². The molecule has 100 valence electrons. The highest BCUT2D eigenvalue weighted by Crippen LogP contribution is 2.28. The van der Waals surface area contributed by atoms with E-state index in [4.69, 9.17) is 5.73 Å². The molecular formula is C16H20N2S. The van der Waals surface area contributed by atoms with Gasteiger partial charge in [-0.2, -0.15) is 11.3 Å². The lowest BCUT2D eigenvalue weighted by molar-refractivity contribution is 0.192. The van der Waals surface area contributed by atoms with E-state index in [0.29, 0.717) is 12.6 Å². The maximum atomic E-state index is 6.02. The minimum Gasteiger partial charge on any atom is -0.329 e. The van der Waals surface area contributed by atoms with Crippen molar-refractivity contribution >= 4 is 11.3 Å². The molecule has 1 aliphatic rings. The molecule has 0 radical (unpaired) electrons. The van der Waals surface area contributed by atoms with Crippen molar-refractivity contribution in [1.29, 1.82) is 0 Å². The molecule has 0 saturated carbocycles. The number of benzene rings is 1. The van der Waals surface area contributed by atoms with E-state index in [1.807, 2.05) is 0 Å². The van der Waals surface area contributed by atoms with E-state index in [2.05, 4.69) is 46.0 Å². The van der Waals surface area contributed by atoms with Crippen molar-refractivity contribution in [3.8, 4) is 0 Å². The van der Waals surface area contributed by atoms with Crippen LogP contribution in [0.3, 0.4) is 0 Å². The summed E-state index contributed by atoms with van der Waals surface area (Å²) >= 11 is 1.78. The van der Waals surface area contributed by atoms with Crippen LogP contribution in [-0.4, -0.2) is 24.5 Å². The van der Waals surface area contributed by atoms with Gasteiger partial charge in [0, 0.05) is 25.7 Å². The molecule has 0 aliphatic carbocycles. The maximum absolute atomic E-state index is 6.02. The Bertz CT molecular complexity index is 521. The zero-order valence-electron chi connectivity index (χ0n) is 11.1. The van der Waals surface area contributed by atoms with E-state index in [-0.39, 0.29) is 0 Å². The Morgan fingerprint density at radius 3 is 2.95 bits per heavy atom. The molecule has 2 aromatic rings. The smallest absolute Gasteiger partial charge is 0.0473 e. The van der Waals surface area contributed by atoms with Gasteiger partial charge in [0.2, 0.25) is 0 Å². The van der Waals surface area contributed by atoms with E-state index in [1.165, 1.54) is 16.7 Å². The van der Waals surface area contributed by atoms with E-state index >= 15 is 0 Å². The standard InChI is InChI=1S/C16H20N2S/c17-11-16-15-4-2-1-3-14(15)6-9-18(16)8-5-13-7-10-19-12-13/h1-4,7,10,12,16H,5-6,8-9,11,17H2. The van der Waals surface area contributed by atoms with Gasteiger partial charge in [-0.3, -0.25) is 4.90 Å². The minimum atomic E-state index is 0.392. The highest BCUT2D eigenvalue weighted by molar-refractivity contribution is 7.07. The summed E-state index contributed by atoms with van der Waals surface area (Å²) in [6.45, 7) is 2.94. The summed E-state index contributed by atoms with van der Waals surface area (Å²) in [6, 6.07) is 11.4. The van der Waals surface area contributed by atoms with Crippen LogP contribution in [0.1, 0.15) is 22.7 Å². The number of nitrogens with zero attached hydrogens (tertiary/aromatic N) is 1. The van der Waals surface area contributed by atoms with E-state index < -0.39 is 0 Å². The second-order valence-corrected chi connectivity index (χ2v) is 5.90. The number of fused-ring (bicyclic) bond motifs is 1. The van der Waals surface area contributed by atoms with Gasteiger partial charge in [0.25, 0.3) is 0 Å². The van der Waals surface area contributed by atoms with Crippen molar-refractivity contribution in [3.05, 3.63) is 57.8 Å². The Hall–Kier alpha value is -1.16. The van der Waals surface area contributed by atoms with Crippen LogP contribution < -0.4 is 5.73 Å². The average molecular weight is 272 g/mol. The summed E-state index contributed by atoms with van der Waals surface area (Å²) < 4.78 is 0. The Labute approximate surface area is 118 Å². The molecule has 1 aliphatic heterocycles. The third-order valence-corrected chi connectivity index (χ3v) is 4.75. The van der Waals surface area contributed by atoms with Crippen LogP contribution in [0.2, 0.25) is 0 Å². The topological polar surface area (TPSA) is 29.3 Å². The Balaban J connectivity index is 1.73. The third kappa shape index (κ3) is 2.73. The second kappa shape index (κ2) is 5.87. The van der Waals surface area contributed by atoms with Gasteiger partial charge in [0.05, 0.1) is 0 Å². The second-order valence-electron chi connectivity index (χ2n) is 5.12. The first-order chi connectivity index (χ1) is 9.38. The lowest BCUT2D eigenvalue weighted by atomic mass is 9.92. The van der Waals surface area contributed by atoms with Crippen molar-refractivity contribution in [3.63, 3.8) is 0 Å². The van der Waals surface area contributed by atoms with Crippen LogP contribution >= 0.6 is 11.3 Å². The summed E-state index contributed by atoms with van der Waals surface area (Å²) in [7, 11) is 0. The number of thiophene rings is 1. The molecule has 19 heavy (non-hydrogen) atoms. The van der Waals surface area contributed by atoms with Crippen LogP contribution in [0.5, 0.6) is 0 Å². The summed E-state index contributed by atoms with van der Waals surface area (Å²) in [5, 5.41) is 4.40. The molecule has 1 unspecified atom stereocenters. The third-order valence-electron chi connectivity index (χ3n) is 4.01. The van der Waals surface area contributed by atoms with Crippen molar-refractivity contribution in [1.82, 2.24) is 4.90 Å².